The summed E-state index contributed by atoms with van der Waals surface area (Å²) in [7, 11) is 0. The highest BCUT2D eigenvalue weighted by molar-refractivity contribution is 6.11. The third kappa shape index (κ3) is 2.06. The molecular weight excluding hydrogens is 270 g/mol. The molecule has 0 fully saturated rings. The Bertz CT molecular complexity index is 990. The van der Waals surface area contributed by atoms with Gasteiger partial charge in [-0.25, -0.2) is 4.98 Å². The molecule has 0 N–H and O–H groups in total. The number of rotatable bonds is 2. The Balaban J connectivity index is 1.93. The molecule has 0 unspecified atom stereocenters. The summed E-state index contributed by atoms with van der Waals surface area (Å²) in [5.41, 5.74) is 2.02. The van der Waals surface area contributed by atoms with E-state index < -0.39 is 0 Å². The van der Waals surface area contributed by atoms with Crippen molar-refractivity contribution in [3.63, 3.8) is 0 Å². The highest BCUT2D eigenvalue weighted by Crippen LogP contribution is 2.24. The maximum absolute atomic E-state index is 12.6. The zero-order valence-corrected chi connectivity index (χ0v) is 11.9. The number of carbonyl (C=O) groups excluding carboxylic acids is 1. The summed E-state index contributed by atoms with van der Waals surface area (Å²) < 4.78 is 0. The van der Waals surface area contributed by atoms with Gasteiger partial charge in [-0.2, -0.15) is 0 Å². The largest absolute Gasteiger partial charge is 0.287 e. The fraction of sp³-hybridized carbons (Fsp3) is 0. The second-order valence-electron chi connectivity index (χ2n) is 5.25. The second-order valence-corrected chi connectivity index (χ2v) is 5.25. The van der Waals surface area contributed by atoms with Gasteiger partial charge in [-0.1, -0.05) is 72.8 Å². The van der Waals surface area contributed by atoms with Gasteiger partial charge >= 0.3 is 0 Å². The summed E-state index contributed by atoms with van der Waals surface area (Å²) in [5, 5.41) is 3.25. The Morgan fingerprint density at radius 1 is 0.682 bits per heavy atom. The zero-order chi connectivity index (χ0) is 14.9. The Labute approximate surface area is 128 Å². The molecule has 3 aromatic carbocycles. The van der Waals surface area contributed by atoms with Crippen molar-refractivity contribution in [2.75, 3.05) is 0 Å². The standard InChI is InChI=1S/C20H13NO/c22-20(16-7-2-1-3-8-16)18-13-12-15-11-10-14-6-4-5-9-17(14)19(15)21-18/h1-13H. The number of nitrogens with zero attached hydrogens (tertiary/aromatic N) is 1. The van der Waals surface area contributed by atoms with Gasteiger partial charge in [0.1, 0.15) is 5.69 Å². The predicted octanol–water partition coefficient (Wildman–Crippen LogP) is 4.62. The first-order valence-corrected chi connectivity index (χ1v) is 7.21. The molecule has 22 heavy (non-hydrogen) atoms. The first-order chi connectivity index (χ1) is 10.8. The number of benzene rings is 3. The Morgan fingerprint density at radius 2 is 1.36 bits per heavy atom. The minimum absolute atomic E-state index is 0.0459. The van der Waals surface area contributed by atoms with Gasteiger partial charge in [-0.05, 0) is 11.5 Å². The maximum Gasteiger partial charge on any atom is 0.211 e. The van der Waals surface area contributed by atoms with Crippen LogP contribution in [0.1, 0.15) is 16.1 Å². The van der Waals surface area contributed by atoms with E-state index in [4.69, 9.17) is 0 Å². The first kappa shape index (κ1) is 12.7. The maximum atomic E-state index is 12.6. The molecule has 1 aromatic heterocycles. The SMILES string of the molecule is O=C(c1ccccc1)c1ccc2ccc3ccccc3c2n1. The van der Waals surface area contributed by atoms with Gasteiger partial charge < -0.3 is 0 Å². The summed E-state index contributed by atoms with van der Waals surface area (Å²) in [5.74, 6) is -0.0459. The van der Waals surface area contributed by atoms with Crippen molar-refractivity contribution in [1.82, 2.24) is 4.98 Å². The average Bonchev–Trinajstić information content (AvgIpc) is 2.61. The molecule has 0 atom stereocenters. The molecule has 0 saturated carbocycles. The van der Waals surface area contributed by atoms with E-state index in [1.54, 1.807) is 6.07 Å². The normalized spacial score (nSPS) is 10.9. The van der Waals surface area contributed by atoms with Crippen molar-refractivity contribution in [3.05, 3.63) is 90.1 Å². The summed E-state index contributed by atoms with van der Waals surface area (Å²) >= 11 is 0. The number of hydrogen-bond acceptors (Lipinski definition) is 2. The van der Waals surface area contributed by atoms with Gasteiger partial charge in [-0.15, -0.1) is 0 Å². The first-order valence-electron chi connectivity index (χ1n) is 7.21. The van der Waals surface area contributed by atoms with Gasteiger partial charge in [0, 0.05) is 16.3 Å². The Kier molecular flexibility index (Phi) is 2.94. The minimum Gasteiger partial charge on any atom is -0.287 e. The summed E-state index contributed by atoms with van der Waals surface area (Å²) in [6.45, 7) is 0. The van der Waals surface area contributed by atoms with E-state index in [2.05, 4.69) is 17.1 Å². The molecule has 0 aliphatic rings. The van der Waals surface area contributed by atoms with Crippen LogP contribution in [0.15, 0.2) is 78.9 Å². The van der Waals surface area contributed by atoms with Crippen molar-refractivity contribution < 1.29 is 4.79 Å². The molecule has 2 heteroatoms. The van der Waals surface area contributed by atoms with Gasteiger partial charge in [0.15, 0.2) is 0 Å². The molecule has 2 nitrogen and oxygen atoms in total. The van der Waals surface area contributed by atoms with Crippen molar-refractivity contribution in [3.8, 4) is 0 Å². The van der Waals surface area contributed by atoms with Crippen molar-refractivity contribution in [2.45, 2.75) is 0 Å². The number of ketones is 1. The fourth-order valence-corrected chi connectivity index (χ4v) is 2.72. The lowest BCUT2D eigenvalue weighted by molar-refractivity contribution is 0.103. The van der Waals surface area contributed by atoms with Crippen LogP contribution in [-0.2, 0) is 0 Å². The van der Waals surface area contributed by atoms with Crippen LogP contribution in [0.3, 0.4) is 0 Å². The van der Waals surface area contributed by atoms with Crippen LogP contribution in [0.2, 0.25) is 0 Å². The van der Waals surface area contributed by atoms with Crippen LogP contribution in [-0.4, -0.2) is 10.8 Å². The zero-order valence-electron chi connectivity index (χ0n) is 11.9. The minimum atomic E-state index is -0.0459. The van der Waals surface area contributed by atoms with E-state index in [1.165, 1.54) is 0 Å². The molecule has 0 aliphatic carbocycles. The molecule has 4 aromatic rings. The van der Waals surface area contributed by atoms with Crippen LogP contribution in [0.4, 0.5) is 0 Å². The highest BCUT2D eigenvalue weighted by Gasteiger charge is 2.11. The Morgan fingerprint density at radius 3 is 2.23 bits per heavy atom. The molecule has 0 aliphatic heterocycles. The van der Waals surface area contributed by atoms with Gasteiger partial charge in [0.2, 0.25) is 5.78 Å². The molecule has 0 amide bonds. The van der Waals surface area contributed by atoms with E-state index in [9.17, 15) is 4.79 Å². The molecular formula is C20H13NO. The fourth-order valence-electron chi connectivity index (χ4n) is 2.72. The lowest BCUT2D eigenvalue weighted by atomic mass is 10.0. The third-order valence-corrected chi connectivity index (χ3v) is 3.85. The van der Waals surface area contributed by atoms with Crippen LogP contribution in [0, 0.1) is 0 Å². The van der Waals surface area contributed by atoms with E-state index >= 15 is 0 Å². The lowest BCUT2D eigenvalue weighted by Crippen LogP contribution is -2.03. The monoisotopic (exact) mass is 283 g/mol. The van der Waals surface area contributed by atoms with E-state index in [0.29, 0.717) is 11.3 Å². The number of aromatic nitrogens is 1. The molecule has 1 heterocycles. The number of carbonyl (C=O) groups is 1. The predicted molar refractivity (Wildman–Crippen MR) is 89.1 cm³/mol. The average molecular weight is 283 g/mol. The topological polar surface area (TPSA) is 30.0 Å². The van der Waals surface area contributed by atoms with Gasteiger partial charge in [0.05, 0.1) is 5.52 Å². The smallest absolute Gasteiger partial charge is 0.211 e. The van der Waals surface area contributed by atoms with Crippen molar-refractivity contribution in [2.24, 2.45) is 0 Å². The molecule has 0 radical (unpaired) electrons. The molecule has 104 valence electrons. The summed E-state index contributed by atoms with van der Waals surface area (Å²) in [4.78, 5) is 17.2. The van der Waals surface area contributed by atoms with Crippen LogP contribution >= 0.6 is 0 Å². The van der Waals surface area contributed by atoms with E-state index in [1.807, 2.05) is 60.7 Å². The lowest BCUT2D eigenvalue weighted by Gasteiger charge is -2.06. The molecule has 0 saturated heterocycles. The summed E-state index contributed by atoms with van der Waals surface area (Å²) in [6.07, 6.45) is 0. The number of hydrogen-bond donors (Lipinski definition) is 0. The van der Waals surface area contributed by atoms with Gasteiger partial charge in [-0.3, -0.25) is 4.79 Å². The quantitative estimate of drug-likeness (QED) is 0.397. The van der Waals surface area contributed by atoms with Crippen molar-refractivity contribution >= 4 is 27.5 Å². The second kappa shape index (κ2) is 5.08. The number of fused-ring (bicyclic) bond motifs is 3. The summed E-state index contributed by atoms with van der Waals surface area (Å²) in [6, 6.07) is 25.3. The highest BCUT2D eigenvalue weighted by atomic mass is 16.1. The third-order valence-electron chi connectivity index (χ3n) is 3.85. The van der Waals surface area contributed by atoms with Crippen LogP contribution in [0.5, 0.6) is 0 Å². The van der Waals surface area contributed by atoms with Crippen LogP contribution < -0.4 is 0 Å². The molecule has 0 bridgehead atoms. The van der Waals surface area contributed by atoms with Crippen molar-refractivity contribution in [1.29, 1.82) is 0 Å². The number of pyridine rings is 1. The van der Waals surface area contributed by atoms with Crippen LogP contribution in [0.25, 0.3) is 21.7 Å². The van der Waals surface area contributed by atoms with E-state index in [-0.39, 0.29) is 5.78 Å². The Hall–Kier alpha value is -3.00. The molecule has 4 rings (SSSR count). The molecule has 0 spiro atoms. The van der Waals surface area contributed by atoms with E-state index in [0.717, 1.165) is 21.7 Å². The van der Waals surface area contributed by atoms with Gasteiger partial charge in [0.25, 0.3) is 0 Å².